The van der Waals surface area contributed by atoms with Crippen LogP contribution < -0.4 is 5.32 Å². The van der Waals surface area contributed by atoms with Crippen LogP contribution in [0.3, 0.4) is 0 Å². The average Bonchev–Trinajstić information content (AvgIpc) is 2.59. The van der Waals surface area contributed by atoms with Crippen molar-refractivity contribution >= 4 is 15.9 Å². The maximum Gasteiger partial charge on any atom is 0.235 e. The minimum atomic E-state index is -3.59. The molecule has 1 N–H and O–H groups in total. The lowest BCUT2D eigenvalue weighted by Gasteiger charge is -2.20. The summed E-state index contributed by atoms with van der Waals surface area (Å²) in [6.07, 6.45) is 0. The van der Waals surface area contributed by atoms with Crippen molar-refractivity contribution in [1.82, 2.24) is 9.62 Å². The molecule has 0 atom stereocenters. The van der Waals surface area contributed by atoms with Crippen LogP contribution in [-0.2, 0) is 27.1 Å². The number of sulfonamides is 1. The molecule has 0 bridgehead atoms. The lowest BCUT2D eigenvalue weighted by atomic mass is 10.2. The SMILES string of the molecule is CCN(CC(=O)NCc1ccc(F)cc1)S(=O)(=O)Cc1ccccc1. The van der Waals surface area contributed by atoms with E-state index in [0.29, 0.717) is 5.56 Å². The number of carbonyl (C=O) groups is 1. The van der Waals surface area contributed by atoms with Gasteiger partial charge in [-0.1, -0.05) is 49.4 Å². The topological polar surface area (TPSA) is 66.5 Å². The Bertz CT molecular complexity index is 793. The first kappa shape index (κ1) is 19.1. The summed E-state index contributed by atoms with van der Waals surface area (Å²) in [5, 5.41) is 2.65. The quantitative estimate of drug-likeness (QED) is 0.782. The Morgan fingerprint density at radius 1 is 1.04 bits per heavy atom. The molecule has 2 aromatic carbocycles. The summed E-state index contributed by atoms with van der Waals surface area (Å²) < 4.78 is 39.0. The third kappa shape index (κ3) is 5.95. The first-order chi connectivity index (χ1) is 11.9. The van der Waals surface area contributed by atoms with Crippen molar-refractivity contribution in [3.05, 3.63) is 71.5 Å². The van der Waals surface area contributed by atoms with E-state index < -0.39 is 15.9 Å². The van der Waals surface area contributed by atoms with Gasteiger partial charge in [0.05, 0.1) is 12.3 Å². The molecule has 0 aliphatic heterocycles. The molecule has 0 saturated carbocycles. The highest BCUT2D eigenvalue weighted by molar-refractivity contribution is 7.88. The fourth-order valence-electron chi connectivity index (χ4n) is 2.30. The Morgan fingerprint density at radius 2 is 1.68 bits per heavy atom. The zero-order valence-corrected chi connectivity index (χ0v) is 14.8. The van der Waals surface area contributed by atoms with E-state index in [9.17, 15) is 17.6 Å². The van der Waals surface area contributed by atoms with Crippen LogP contribution in [-0.4, -0.2) is 31.7 Å². The zero-order valence-electron chi connectivity index (χ0n) is 14.0. The van der Waals surface area contributed by atoms with Gasteiger partial charge in [0, 0.05) is 13.1 Å². The molecule has 134 valence electrons. The number of benzene rings is 2. The largest absolute Gasteiger partial charge is 0.351 e. The van der Waals surface area contributed by atoms with Crippen LogP contribution in [0.2, 0.25) is 0 Å². The van der Waals surface area contributed by atoms with Gasteiger partial charge in [0.15, 0.2) is 0 Å². The monoisotopic (exact) mass is 364 g/mol. The summed E-state index contributed by atoms with van der Waals surface area (Å²) >= 11 is 0. The van der Waals surface area contributed by atoms with E-state index in [4.69, 9.17) is 0 Å². The summed E-state index contributed by atoms with van der Waals surface area (Å²) in [7, 11) is -3.59. The summed E-state index contributed by atoms with van der Waals surface area (Å²) in [5.41, 5.74) is 1.41. The molecule has 0 saturated heterocycles. The molecule has 0 aromatic heterocycles. The highest BCUT2D eigenvalue weighted by Crippen LogP contribution is 2.10. The molecule has 0 spiro atoms. The first-order valence-electron chi connectivity index (χ1n) is 7.93. The number of nitrogens with one attached hydrogen (secondary N) is 1. The maximum atomic E-state index is 12.9. The van der Waals surface area contributed by atoms with Gasteiger partial charge in [-0.3, -0.25) is 4.79 Å². The van der Waals surface area contributed by atoms with Gasteiger partial charge in [-0.2, -0.15) is 4.31 Å². The van der Waals surface area contributed by atoms with Gasteiger partial charge < -0.3 is 5.32 Å². The van der Waals surface area contributed by atoms with Crippen LogP contribution in [0.25, 0.3) is 0 Å². The Morgan fingerprint density at radius 3 is 2.28 bits per heavy atom. The van der Waals surface area contributed by atoms with Crippen LogP contribution in [0.5, 0.6) is 0 Å². The lowest BCUT2D eigenvalue weighted by molar-refractivity contribution is -0.121. The molecule has 5 nitrogen and oxygen atoms in total. The third-order valence-corrected chi connectivity index (χ3v) is 5.53. The molecule has 0 radical (unpaired) electrons. The van der Waals surface area contributed by atoms with Crippen molar-refractivity contribution in [2.24, 2.45) is 0 Å². The number of hydrogen-bond acceptors (Lipinski definition) is 3. The fourth-order valence-corrected chi connectivity index (χ4v) is 3.81. The van der Waals surface area contributed by atoms with Crippen LogP contribution >= 0.6 is 0 Å². The van der Waals surface area contributed by atoms with E-state index in [1.54, 1.807) is 43.3 Å². The molecule has 0 fully saturated rings. The predicted molar refractivity (Wildman–Crippen MR) is 94.6 cm³/mol. The van der Waals surface area contributed by atoms with Gasteiger partial charge in [0.25, 0.3) is 0 Å². The average molecular weight is 364 g/mol. The molecular formula is C18H21FN2O3S. The number of hydrogen-bond donors (Lipinski definition) is 1. The van der Waals surface area contributed by atoms with Gasteiger partial charge in [-0.05, 0) is 23.3 Å². The van der Waals surface area contributed by atoms with E-state index in [1.165, 1.54) is 12.1 Å². The van der Waals surface area contributed by atoms with E-state index in [-0.39, 0.29) is 31.2 Å². The smallest absolute Gasteiger partial charge is 0.235 e. The number of carbonyl (C=O) groups excluding carboxylic acids is 1. The van der Waals surface area contributed by atoms with Crippen molar-refractivity contribution in [3.8, 4) is 0 Å². The van der Waals surface area contributed by atoms with Gasteiger partial charge in [0.2, 0.25) is 15.9 Å². The Balaban J connectivity index is 1.93. The molecule has 2 aromatic rings. The summed E-state index contributed by atoms with van der Waals surface area (Å²) in [6, 6.07) is 14.6. The third-order valence-electron chi connectivity index (χ3n) is 3.66. The minimum absolute atomic E-state index is 0.146. The highest BCUT2D eigenvalue weighted by Gasteiger charge is 2.23. The Hall–Kier alpha value is -2.25. The summed E-state index contributed by atoms with van der Waals surface area (Å²) in [6.45, 7) is 1.87. The summed E-state index contributed by atoms with van der Waals surface area (Å²) in [4.78, 5) is 12.1. The van der Waals surface area contributed by atoms with Crippen LogP contribution in [0.1, 0.15) is 18.1 Å². The van der Waals surface area contributed by atoms with Crippen molar-refractivity contribution in [3.63, 3.8) is 0 Å². The molecule has 0 aliphatic carbocycles. The zero-order chi connectivity index (χ0) is 18.3. The van der Waals surface area contributed by atoms with Gasteiger partial charge in [0.1, 0.15) is 5.82 Å². The van der Waals surface area contributed by atoms with E-state index in [1.807, 2.05) is 6.07 Å². The second-order valence-corrected chi connectivity index (χ2v) is 7.54. The van der Waals surface area contributed by atoms with Crippen molar-refractivity contribution in [1.29, 1.82) is 0 Å². The van der Waals surface area contributed by atoms with Crippen molar-refractivity contribution < 1.29 is 17.6 Å². The van der Waals surface area contributed by atoms with Crippen molar-refractivity contribution in [2.45, 2.75) is 19.2 Å². The highest BCUT2D eigenvalue weighted by atomic mass is 32.2. The molecule has 25 heavy (non-hydrogen) atoms. The van der Waals surface area contributed by atoms with Crippen molar-refractivity contribution in [2.75, 3.05) is 13.1 Å². The van der Waals surface area contributed by atoms with E-state index >= 15 is 0 Å². The van der Waals surface area contributed by atoms with Gasteiger partial charge in [-0.15, -0.1) is 0 Å². The molecule has 0 unspecified atom stereocenters. The second kappa shape index (κ2) is 8.73. The van der Waals surface area contributed by atoms with E-state index in [0.717, 1.165) is 9.87 Å². The van der Waals surface area contributed by atoms with Gasteiger partial charge >= 0.3 is 0 Å². The molecular weight excluding hydrogens is 343 g/mol. The lowest BCUT2D eigenvalue weighted by Crippen LogP contribution is -2.40. The van der Waals surface area contributed by atoms with Crippen LogP contribution in [0.4, 0.5) is 4.39 Å². The maximum absolute atomic E-state index is 12.9. The normalized spacial score (nSPS) is 11.5. The van der Waals surface area contributed by atoms with Gasteiger partial charge in [-0.25, -0.2) is 12.8 Å². The molecule has 0 heterocycles. The number of amides is 1. The standard InChI is InChI=1S/C18H21FN2O3S/c1-2-21(25(23,24)14-16-6-4-3-5-7-16)13-18(22)20-12-15-8-10-17(19)11-9-15/h3-11H,2,12-14H2,1H3,(H,20,22). The van der Waals surface area contributed by atoms with Crippen LogP contribution in [0.15, 0.2) is 54.6 Å². The second-order valence-electron chi connectivity index (χ2n) is 5.57. The fraction of sp³-hybridized carbons (Fsp3) is 0.278. The molecule has 0 aliphatic rings. The van der Waals surface area contributed by atoms with E-state index in [2.05, 4.69) is 5.32 Å². The number of nitrogens with zero attached hydrogens (tertiary/aromatic N) is 1. The number of rotatable bonds is 8. The predicted octanol–water partition coefficient (Wildman–Crippen LogP) is 2.29. The molecule has 2 rings (SSSR count). The Kier molecular flexibility index (Phi) is 6.66. The number of halogens is 1. The van der Waals surface area contributed by atoms with Crippen LogP contribution in [0, 0.1) is 5.82 Å². The Labute approximate surface area is 147 Å². The first-order valence-corrected chi connectivity index (χ1v) is 9.54. The summed E-state index contributed by atoms with van der Waals surface area (Å²) in [5.74, 6) is -0.894. The number of likely N-dealkylation sites (N-methyl/N-ethyl adjacent to an activating group) is 1. The minimum Gasteiger partial charge on any atom is -0.351 e. The molecule has 1 amide bonds. The molecule has 7 heteroatoms.